The average Bonchev–Trinajstić information content (AvgIpc) is 2.61. The topological polar surface area (TPSA) is 118 Å². The number of hydrogen-bond acceptors (Lipinski definition) is 5. The Hall–Kier alpha value is -3.48. The highest BCUT2D eigenvalue weighted by Crippen LogP contribution is 2.10. The van der Waals surface area contributed by atoms with Crippen LogP contribution in [0, 0.1) is 0 Å². The second-order valence-corrected chi connectivity index (χ2v) is 4.75. The summed E-state index contributed by atoms with van der Waals surface area (Å²) in [6.45, 7) is 1.35. The van der Waals surface area contributed by atoms with Crippen LogP contribution in [0.5, 0.6) is 0 Å². The molecule has 0 atom stereocenters. The Kier molecular flexibility index (Phi) is 7.02. The van der Waals surface area contributed by atoms with Crippen LogP contribution in [0.4, 0.5) is 0 Å². The van der Waals surface area contributed by atoms with E-state index in [0.29, 0.717) is 0 Å². The molecule has 0 spiro atoms. The van der Waals surface area contributed by atoms with Crippen molar-refractivity contribution in [3.05, 3.63) is 70.8 Å². The number of hydrogen-bond donors (Lipinski definition) is 2. The van der Waals surface area contributed by atoms with E-state index in [1.54, 1.807) is 24.3 Å². The van der Waals surface area contributed by atoms with E-state index in [1.165, 1.54) is 38.3 Å². The lowest BCUT2D eigenvalue weighted by atomic mass is 10.1. The molecule has 7 nitrogen and oxygen atoms in total. The Morgan fingerprint density at radius 3 is 1.40 bits per heavy atom. The van der Waals surface area contributed by atoms with Crippen LogP contribution in [0.1, 0.15) is 48.4 Å². The largest absolute Gasteiger partial charge is 0.478 e. The third-order valence-corrected chi connectivity index (χ3v) is 3.10. The van der Waals surface area contributed by atoms with Crippen molar-refractivity contribution in [1.82, 2.24) is 0 Å². The van der Waals surface area contributed by atoms with Crippen LogP contribution in [0.15, 0.2) is 48.5 Å². The van der Waals surface area contributed by atoms with E-state index in [-0.39, 0.29) is 28.0 Å². The molecule has 2 rings (SSSR count). The van der Waals surface area contributed by atoms with Crippen molar-refractivity contribution in [2.24, 2.45) is 0 Å². The average molecular weight is 344 g/mol. The standard InChI is InChI=1S/C9H8O4.C9H8O3/c1-13-9(12)7-5-3-2-4-6(7)8(10)11;1-6(10)7-4-2-3-5-8(7)9(11)12/h2-5H,1H3,(H,10,11);2-5H,1H3,(H,11,12). The lowest BCUT2D eigenvalue weighted by Crippen LogP contribution is -2.09. The quantitative estimate of drug-likeness (QED) is 0.646. The zero-order valence-electron chi connectivity index (χ0n) is 13.6. The predicted octanol–water partition coefficient (Wildman–Crippen LogP) is 2.76. The van der Waals surface area contributed by atoms with Gasteiger partial charge in [-0.05, 0) is 25.1 Å². The number of benzene rings is 2. The number of aromatic carboxylic acids is 2. The van der Waals surface area contributed by atoms with Gasteiger partial charge >= 0.3 is 17.9 Å². The lowest BCUT2D eigenvalue weighted by molar-refractivity contribution is 0.0582. The molecule has 0 aromatic heterocycles. The van der Waals surface area contributed by atoms with Gasteiger partial charge in [-0.15, -0.1) is 0 Å². The number of ketones is 1. The maximum atomic E-state index is 11.1. The van der Waals surface area contributed by atoms with Crippen LogP contribution in [0.3, 0.4) is 0 Å². The first-order valence-electron chi connectivity index (χ1n) is 7.03. The number of carbonyl (C=O) groups excluding carboxylic acids is 2. The zero-order chi connectivity index (χ0) is 19.0. The fourth-order valence-corrected chi connectivity index (χ4v) is 1.93. The van der Waals surface area contributed by atoms with Crippen molar-refractivity contribution in [3.63, 3.8) is 0 Å². The molecule has 0 aliphatic heterocycles. The Morgan fingerprint density at radius 1 is 0.720 bits per heavy atom. The first kappa shape index (κ1) is 19.6. The van der Waals surface area contributed by atoms with Gasteiger partial charge in [-0.3, -0.25) is 4.79 Å². The van der Waals surface area contributed by atoms with E-state index in [2.05, 4.69) is 4.74 Å². The van der Waals surface area contributed by atoms with Crippen LogP contribution >= 0.6 is 0 Å². The summed E-state index contributed by atoms with van der Waals surface area (Å²) < 4.78 is 4.42. The summed E-state index contributed by atoms with van der Waals surface area (Å²) in [4.78, 5) is 43.2. The summed E-state index contributed by atoms with van der Waals surface area (Å²) >= 11 is 0. The van der Waals surface area contributed by atoms with Crippen molar-refractivity contribution in [1.29, 1.82) is 0 Å². The third kappa shape index (κ3) is 5.28. The molecule has 0 heterocycles. The SMILES string of the molecule is CC(=O)c1ccccc1C(=O)O.COC(=O)c1ccccc1C(=O)O. The highest BCUT2D eigenvalue weighted by Gasteiger charge is 2.15. The van der Waals surface area contributed by atoms with E-state index in [4.69, 9.17) is 10.2 Å². The third-order valence-electron chi connectivity index (χ3n) is 3.10. The van der Waals surface area contributed by atoms with Gasteiger partial charge < -0.3 is 14.9 Å². The Labute approximate surface area is 143 Å². The molecule has 0 unspecified atom stereocenters. The van der Waals surface area contributed by atoms with Crippen molar-refractivity contribution in [2.45, 2.75) is 6.92 Å². The van der Waals surface area contributed by atoms with Crippen molar-refractivity contribution >= 4 is 23.7 Å². The van der Waals surface area contributed by atoms with Gasteiger partial charge in [0, 0.05) is 5.56 Å². The fraction of sp³-hybridized carbons (Fsp3) is 0.111. The number of methoxy groups -OCH3 is 1. The highest BCUT2D eigenvalue weighted by atomic mass is 16.5. The van der Waals surface area contributed by atoms with Crippen LogP contribution in [-0.2, 0) is 4.74 Å². The molecule has 130 valence electrons. The second-order valence-electron chi connectivity index (χ2n) is 4.75. The van der Waals surface area contributed by atoms with Crippen molar-refractivity contribution in [3.8, 4) is 0 Å². The molecule has 25 heavy (non-hydrogen) atoms. The summed E-state index contributed by atoms with van der Waals surface area (Å²) in [5.41, 5.74) is 0.335. The summed E-state index contributed by atoms with van der Waals surface area (Å²) in [5, 5.41) is 17.4. The number of esters is 1. The number of carboxylic acid groups (broad SMARTS) is 2. The van der Waals surface area contributed by atoms with E-state index in [9.17, 15) is 19.2 Å². The number of Topliss-reactive ketones (excluding diaryl/α,β-unsaturated/α-hetero) is 1. The maximum absolute atomic E-state index is 11.1. The molecule has 0 saturated carbocycles. The minimum Gasteiger partial charge on any atom is -0.478 e. The molecule has 0 saturated heterocycles. The van der Waals surface area contributed by atoms with Crippen molar-refractivity contribution < 1.29 is 34.1 Å². The molecule has 0 fully saturated rings. The molecule has 0 bridgehead atoms. The van der Waals surface area contributed by atoms with E-state index in [1.807, 2.05) is 0 Å². The van der Waals surface area contributed by atoms with Gasteiger partial charge in [-0.2, -0.15) is 0 Å². The molecular weight excluding hydrogens is 328 g/mol. The van der Waals surface area contributed by atoms with Gasteiger partial charge in [-0.25, -0.2) is 14.4 Å². The number of ether oxygens (including phenoxy) is 1. The van der Waals surface area contributed by atoms with Gasteiger partial charge in [0.05, 0.1) is 23.8 Å². The predicted molar refractivity (Wildman–Crippen MR) is 88.1 cm³/mol. The minimum absolute atomic E-state index is 0.0469. The molecule has 0 radical (unpaired) electrons. The lowest BCUT2D eigenvalue weighted by Gasteiger charge is -2.02. The molecule has 7 heteroatoms. The molecular formula is C18H16O7. The normalized spacial score (nSPS) is 9.36. The van der Waals surface area contributed by atoms with E-state index in [0.717, 1.165) is 0 Å². The first-order valence-corrected chi connectivity index (χ1v) is 7.03. The molecule has 0 amide bonds. The van der Waals surface area contributed by atoms with Gasteiger partial charge in [0.1, 0.15) is 0 Å². The van der Waals surface area contributed by atoms with Crippen LogP contribution in [0.25, 0.3) is 0 Å². The Morgan fingerprint density at radius 2 is 1.08 bits per heavy atom. The van der Waals surface area contributed by atoms with Gasteiger partial charge in [0.15, 0.2) is 5.78 Å². The molecule has 2 aromatic rings. The monoisotopic (exact) mass is 344 g/mol. The van der Waals surface area contributed by atoms with Gasteiger partial charge in [0.2, 0.25) is 0 Å². The number of rotatable bonds is 4. The fourth-order valence-electron chi connectivity index (χ4n) is 1.93. The second kappa shape index (κ2) is 8.97. The molecule has 0 aliphatic carbocycles. The summed E-state index contributed by atoms with van der Waals surface area (Å²) in [6.07, 6.45) is 0. The minimum atomic E-state index is -1.14. The van der Waals surface area contributed by atoms with Gasteiger partial charge in [0.25, 0.3) is 0 Å². The number of carboxylic acids is 2. The summed E-state index contributed by atoms with van der Waals surface area (Å²) in [6, 6.07) is 12.1. The van der Waals surface area contributed by atoms with Crippen LogP contribution in [-0.4, -0.2) is 41.0 Å². The summed E-state index contributed by atoms with van der Waals surface area (Å²) in [7, 11) is 1.21. The summed E-state index contributed by atoms with van der Waals surface area (Å²) in [5.74, 6) is -3.08. The smallest absolute Gasteiger partial charge is 0.338 e. The van der Waals surface area contributed by atoms with Crippen LogP contribution in [0.2, 0.25) is 0 Å². The molecule has 2 aromatic carbocycles. The van der Waals surface area contributed by atoms with Crippen LogP contribution < -0.4 is 0 Å². The van der Waals surface area contributed by atoms with Crippen molar-refractivity contribution in [2.75, 3.05) is 7.11 Å². The zero-order valence-corrected chi connectivity index (χ0v) is 13.6. The Balaban J connectivity index is 0.000000251. The molecule has 0 aliphatic rings. The number of carbonyl (C=O) groups is 4. The van der Waals surface area contributed by atoms with E-state index >= 15 is 0 Å². The molecule has 2 N–H and O–H groups in total. The maximum Gasteiger partial charge on any atom is 0.338 e. The van der Waals surface area contributed by atoms with E-state index < -0.39 is 17.9 Å². The Bertz CT molecular complexity index is 776. The first-order chi connectivity index (χ1) is 11.8. The van der Waals surface area contributed by atoms with Gasteiger partial charge in [-0.1, -0.05) is 30.3 Å². The highest BCUT2D eigenvalue weighted by molar-refractivity contribution is 6.04.